The molecule has 0 saturated carbocycles. The molecule has 0 aliphatic carbocycles. The van der Waals surface area contributed by atoms with Gasteiger partial charge in [-0.05, 0) is 18.2 Å². The summed E-state index contributed by atoms with van der Waals surface area (Å²) in [6.07, 6.45) is 0.310. The molecule has 0 atom stereocenters. The van der Waals surface area contributed by atoms with Gasteiger partial charge in [0.05, 0.1) is 15.8 Å². The molecule has 0 bridgehead atoms. The Morgan fingerprint density at radius 3 is 2.56 bits per heavy atom. The van der Waals surface area contributed by atoms with Crippen LogP contribution in [0, 0.1) is 0 Å². The minimum Gasteiger partial charge on any atom is -0.448 e. The predicted molar refractivity (Wildman–Crippen MR) is 71.1 cm³/mol. The van der Waals surface area contributed by atoms with E-state index in [1.54, 1.807) is 6.07 Å². The van der Waals surface area contributed by atoms with Crippen LogP contribution < -0.4 is 5.32 Å². The summed E-state index contributed by atoms with van der Waals surface area (Å²) in [7, 11) is -3.15. The molecule has 0 saturated heterocycles. The molecule has 18 heavy (non-hydrogen) atoms. The number of amides is 1. The standard InChI is InChI=1S/C10H11Cl2NO4S/c1-18(15,16)5-4-17-10(14)13-7-2-3-8(11)9(12)6-7/h2-3,6H,4-5H2,1H3,(H,13,14). The van der Waals surface area contributed by atoms with Crippen LogP contribution in [-0.4, -0.2) is 33.1 Å². The average molecular weight is 312 g/mol. The van der Waals surface area contributed by atoms with Gasteiger partial charge in [-0.3, -0.25) is 5.32 Å². The van der Waals surface area contributed by atoms with Crippen LogP contribution in [0.2, 0.25) is 10.0 Å². The van der Waals surface area contributed by atoms with Crippen LogP contribution in [0.5, 0.6) is 0 Å². The topological polar surface area (TPSA) is 72.5 Å². The monoisotopic (exact) mass is 311 g/mol. The molecule has 0 heterocycles. The van der Waals surface area contributed by atoms with Gasteiger partial charge >= 0.3 is 6.09 Å². The van der Waals surface area contributed by atoms with E-state index in [1.165, 1.54) is 12.1 Å². The summed E-state index contributed by atoms with van der Waals surface area (Å²) < 4.78 is 26.3. The third-order valence-corrected chi connectivity index (χ3v) is 3.50. The van der Waals surface area contributed by atoms with Crippen molar-refractivity contribution in [1.29, 1.82) is 0 Å². The fraction of sp³-hybridized carbons (Fsp3) is 0.300. The Kier molecular flexibility index (Phi) is 5.25. The van der Waals surface area contributed by atoms with Crippen LogP contribution in [0.4, 0.5) is 10.5 Å². The highest BCUT2D eigenvalue weighted by Gasteiger charge is 2.07. The fourth-order valence-electron chi connectivity index (χ4n) is 1.01. The number of ether oxygens (including phenoxy) is 1. The van der Waals surface area contributed by atoms with Crippen molar-refractivity contribution in [2.75, 3.05) is 23.9 Å². The van der Waals surface area contributed by atoms with Crippen molar-refractivity contribution in [3.05, 3.63) is 28.2 Å². The maximum atomic E-state index is 11.3. The van der Waals surface area contributed by atoms with Crippen LogP contribution in [0.1, 0.15) is 0 Å². The number of rotatable bonds is 4. The lowest BCUT2D eigenvalue weighted by molar-refractivity contribution is 0.168. The number of carbonyl (C=O) groups is 1. The lowest BCUT2D eigenvalue weighted by Gasteiger charge is -2.07. The van der Waals surface area contributed by atoms with Crippen molar-refractivity contribution in [2.24, 2.45) is 0 Å². The van der Waals surface area contributed by atoms with E-state index in [4.69, 9.17) is 23.2 Å². The summed E-state index contributed by atoms with van der Waals surface area (Å²) >= 11 is 11.5. The summed E-state index contributed by atoms with van der Waals surface area (Å²) in [6.45, 7) is -0.202. The lowest BCUT2D eigenvalue weighted by Crippen LogP contribution is -2.18. The van der Waals surface area contributed by atoms with Crippen molar-refractivity contribution < 1.29 is 17.9 Å². The van der Waals surface area contributed by atoms with E-state index >= 15 is 0 Å². The molecule has 0 aliphatic rings. The molecule has 0 spiro atoms. The van der Waals surface area contributed by atoms with E-state index in [-0.39, 0.29) is 12.4 Å². The largest absolute Gasteiger partial charge is 0.448 e. The highest BCUT2D eigenvalue weighted by Crippen LogP contribution is 2.24. The van der Waals surface area contributed by atoms with Crippen LogP contribution in [0.25, 0.3) is 0 Å². The zero-order valence-corrected chi connectivity index (χ0v) is 11.8. The number of hydrogen-bond acceptors (Lipinski definition) is 4. The minimum absolute atomic E-state index is 0.202. The number of carbonyl (C=O) groups excluding carboxylic acids is 1. The van der Waals surface area contributed by atoms with Gasteiger partial charge in [-0.2, -0.15) is 0 Å². The molecule has 5 nitrogen and oxygen atoms in total. The Labute approximate surface area is 115 Å². The van der Waals surface area contributed by atoms with Gasteiger partial charge in [0.1, 0.15) is 6.61 Å². The minimum atomic E-state index is -3.15. The third-order valence-electron chi connectivity index (χ3n) is 1.85. The quantitative estimate of drug-likeness (QED) is 0.927. The molecular formula is C10H11Cl2NO4S. The Morgan fingerprint density at radius 1 is 1.33 bits per heavy atom. The number of sulfone groups is 1. The molecular weight excluding hydrogens is 301 g/mol. The molecule has 8 heteroatoms. The maximum Gasteiger partial charge on any atom is 0.411 e. The molecule has 0 aliphatic heterocycles. The van der Waals surface area contributed by atoms with E-state index in [1.807, 2.05) is 0 Å². The Morgan fingerprint density at radius 2 is 2.00 bits per heavy atom. The molecule has 0 aromatic heterocycles. The van der Waals surface area contributed by atoms with Crippen LogP contribution in [0.3, 0.4) is 0 Å². The number of benzene rings is 1. The van der Waals surface area contributed by atoms with E-state index in [0.717, 1.165) is 6.26 Å². The summed E-state index contributed by atoms with van der Waals surface area (Å²) in [5.74, 6) is -0.220. The van der Waals surface area contributed by atoms with Crippen molar-refractivity contribution in [3.63, 3.8) is 0 Å². The van der Waals surface area contributed by atoms with Gasteiger partial charge in [0.2, 0.25) is 0 Å². The van der Waals surface area contributed by atoms with E-state index in [0.29, 0.717) is 15.7 Å². The van der Waals surface area contributed by atoms with E-state index in [2.05, 4.69) is 10.1 Å². The molecule has 1 aromatic rings. The van der Waals surface area contributed by atoms with Gasteiger partial charge in [-0.1, -0.05) is 23.2 Å². The molecule has 1 amide bonds. The highest BCUT2D eigenvalue weighted by atomic mass is 35.5. The highest BCUT2D eigenvalue weighted by molar-refractivity contribution is 7.90. The Balaban J connectivity index is 2.47. The van der Waals surface area contributed by atoms with E-state index < -0.39 is 15.9 Å². The van der Waals surface area contributed by atoms with Gasteiger partial charge in [0.25, 0.3) is 0 Å². The normalized spacial score (nSPS) is 11.1. The zero-order chi connectivity index (χ0) is 13.8. The van der Waals surface area contributed by atoms with Crippen molar-refractivity contribution in [3.8, 4) is 0 Å². The lowest BCUT2D eigenvalue weighted by atomic mass is 10.3. The third kappa shape index (κ3) is 5.57. The van der Waals surface area contributed by atoms with Gasteiger partial charge in [0.15, 0.2) is 9.84 Å². The molecule has 1 N–H and O–H groups in total. The second-order valence-corrected chi connectivity index (χ2v) is 6.59. The van der Waals surface area contributed by atoms with Crippen molar-refractivity contribution in [2.45, 2.75) is 0 Å². The van der Waals surface area contributed by atoms with Gasteiger partial charge < -0.3 is 4.74 Å². The van der Waals surface area contributed by atoms with Gasteiger partial charge in [0, 0.05) is 11.9 Å². The first-order valence-corrected chi connectivity index (χ1v) is 7.66. The van der Waals surface area contributed by atoms with Gasteiger partial charge in [-0.15, -0.1) is 0 Å². The Hall–Kier alpha value is -0.980. The summed E-state index contributed by atoms with van der Waals surface area (Å²) in [5.41, 5.74) is 0.411. The van der Waals surface area contributed by atoms with E-state index in [9.17, 15) is 13.2 Å². The van der Waals surface area contributed by atoms with Crippen molar-refractivity contribution >= 4 is 44.8 Å². The van der Waals surface area contributed by atoms with Crippen LogP contribution >= 0.6 is 23.2 Å². The molecule has 1 aromatic carbocycles. The van der Waals surface area contributed by atoms with Crippen LogP contribution in [0.15, 0.2) is 18.2 Å². The predicted octanol–water partition coefficient (Wildman–Crippen LogP) is 2.59. The number of anilines is 1. The summed E-state index contributed by atoms with van der Waals surface area (Å²) in [4.78, 5) is 11.3. The first-order valence-electron chi connectivity index (χ1n) is 4.84. The smallest absolute Gasteiger partial charge is 0.411 e. The maximum absolute atomic E-state index is 11.3. The molecule has 0 fully saturated rings. The second-order valence-electron chi connectivity index (χ2n) is 3.52. The molecule has 0 unspecified atom stereocenters. The molecule has 100 valence electrons. The zero-order valence-electron chi connectivity index (χ0n) is 9.44. The van der Waals surface area contributed by atoms with Crippen molar-refractivity contribution in [1.82, 2.24) is 0 Å². The summed E-state index contributed by atoms with van der Waals surface area (Å²) in [6, 6.07) is 4.53. The number of hydrogen-bond donors (Lipinski definition) is 1. The van der Waals surface area contributed by atoms with Gasteiger partial charge in [-0.25, -0.2) is 13.2 Å². The first kappa shape index (κ1) is 15.1. The Bertz CT molecular complexity index is 545. The first-order chi connectivity index (χ1) is 8.28. The average Bonchev–Trinajstić information content (AvgIpc) is 2.21. The SMILES string of the molecule is CS(=O)(=O)CCOC(=O)Nc1ccc(Cl)c(Cl)c1. The summed E-state index contributed by atoms with van der Waals surface area (Å²) in [5, 5.41) is 3.06. The number of halogens is 2. The van der Waals surface area contributed by atoms with Crippen LogP contribution in [-0.2, 0) is 14.6 Å². The fourth-order valence-corrected chi connectivity index (χ4v) is 1.70. The molecule has 0 radical (unpaired) electrons. The number of nitrogens with one attached hydrogen (secondary N) is 1. The molecule has 1 rings (SSSR count). The second kappa shape index (κ2) is 6.26.